The summed E-state index contributed by atoms with van der Waals surface area (Å²) in [4.78, 5) is 14.0. The van der Waals surface area contributed by atoms with E-state index in [1.54, 1.807) is 0 Å². The number of nitrogens with zero attached hydrogens (tertiary/aromatic N) is 1. The van der Waals surface area contributed by atoms with Crippen LogP contribution in [0.4, 0.5) is 0 Å². The minimum Gasteiger partial charge on any atom is -0.339 e. The molecule has 4 heteroatoms. The van der Waals surface area contributed by atoms with Crippen LogP contribution >= 0.6 is 0 Å². The van der Waals surface area contributed by atoms with Gasteiger partial charge in [0.05, 0.1) is 5.92 Å². The van der Waals surface area contributed by atoms with E-state index in [1.807, 2.05) is 18.7 Å². The molecule has 88 valence electrons. The van der Waals surface area contributed by atoms with Gasteiger partial charge < -0.3 is 16.0 Å². The third-order valence-corrected chi connectivity index (χ3v) is 3.05. The number of carbonyl (C=O) groups is 1. The number of hydrogen-bond donors (Lipinski definition) is 2. The third kappa shape index (κ3) is 3.18. The molecule has 0 aromatic rings. The summed E-state index contributed by atoms with van der Waals surface area (Å²) in [5.74, 6) is 0.104. The van der Waals surface area contributed by atoms with E-state index >= 15 is 0 Å². The largest absolute Gasteiger partial charge is 0.339 e. The average Bonchev–Trinajstić information content (AvgIpc) is 2.13. The summed E-state index contributed by atoms with van der Waals surface area (Å²) in [6.45, 7) is 9.58. The van der Waals surface area contributed by atoms with Crippen molar-refractivity contribution in [3.8, 4) is 0 Å². The minimum absolute atomic E-state index is 0.0713. The summed E-state index contributed by atoms with van der Waals surface area (Å²) >= 11 is 0. The van der Waals surface area contributed by atoms with Gasteiger partial charge in [0.25, 0.3) is 0 Å². The number of carbonyl (C=O) groups excluding carboxylic acids is 1. The maximum atomic E-state index is 12.0. The Morgan fingerprint density at radius 1 is 1.33 bits per heavy atom. The lowest BCUT2D eigenvalue weighted by Gasteiger charge is -2.38. The molecule has 0 spiro atoms. The molecule has 0 radical (unpaired) electrons. The Balaban J connectivity index is 2.59. The molecule has 1 rings (SSSR count). The first kappa shape index (κ1) is 12.5. The number of nitrogens with one attached hydrogen (secondary N) is 1. The molecule has 4 nitrogen and oxygen atoms in total. The van der Waals surface area contributed by atoms with Crippen LogP contribution in [0.1, 0.15) is 27.7 Å². The zero-order valence-electron chi connectivity index (χ0n) is 10.2. The van der Waals surface area contributed by atoms with E-state index in [0.717, 1.165) is 13.1 Å². The highest BCUT2D eigenvalue weighted by Gasteiger charge is 2.28. The summed E-state index contributed by atoms with van der Waals surface area (Å²) in [5, 5.41) is 3.41. The van der Waals surface area contributed by atoms with Crippen molar-refractivity contribution in [2.45, 2.75) is 45.8 Å². The summed E-state index contributed by atoms with van der Waals surface area (Å²) in [5.41, 5.74) is 5.75. The van der Waals surface area contributed by atoms with E-state index in [1.165, 1.54) is 0 Å². The van der Waals surface area contributed by atoms with Gasteiger partial charge in [-0.2, -0.15) is 0 Å². The monoisotopic (exact) mass is 213 g/mol. The van der Waals surface area contributed by atoms with Crippen molar-refractivity contribution in [2.24, 2.45) is 11.7 Å². The summed E-state index contributed by atoms with van der Waals surface area (Å²) < 4.78 is 0. The van der Waals surface area contributed by atoms with E-state index in [2.05, 4.69) is 19.2 Å². The van der Waals surface area contributed by atoms with Crippen LogP contribution in [0.5, 0.6) is 0 Å². The van der Waals surface area contributed by atoms with E-state index in [9.17, 15) is 4.79 Å². The first-order chi connectivity index (χ1) is 6.91. The molecule has 4 unspecified atom stereocenters. The predicted molar refractivity (Wildman–Crippen MR) is 61.5 cm³/mol. The minimum atomic E-state index is -0.0810. The molecule has 0 aliphatic carbocycles. The van der Waals surface area contributed by atoms with Gasteiger partial charge in [0.2, 0.25) is 5.91 Å². The Bertz CT molecular complexity index is 220. The smallest absolute Gasteiger partial charge is 0.227 e. The molecule has 0 aromatic heterocycles. The fraction of sp³-hybridized carbons (Fsp3) is 0.909. The van der Waals surface area contributed by atoms with Gasteiger partial charge in [0.1, 0.15) is 0 Å². The normalized spacial score (nSPS) is 31.1. The molecule has 0 saturated carbocycles. The van der Waals surface area contributed by atoms with Gasteiger partial charge in [-0.25, -0.2) is 0 Å². The quantitative estimate of drug-likeness (QED) is 0.688. The van der Waals surface area contributed by atoms with E-state index in [-0.39, 0.29) is 17.9 Å². The van der Waals surface area contributed by atoms with Gasteiger partial charge in [0, 0.05) is 31.2 Å². The fourth-order valence-electron chi connectivity index (χ4n) is 2.02. The standard InChI is InChI=1S/C11H23N3O/c1-7-5-14(6-8(2)13-7)11(15)9(3)10(4)12/h7-10,13H,5-6,12H2,1-4H3. The molecule has 1 heterocycles. The topological polar surface area (TPSA) is 58.4 Å². The van der Waals surface area contributed by atoms with E-state index < -0.39 is 0 Å². The van der Waals surface area contributed by atoms with Crippen molar-refractivity contribution in [2.75, 3.05) is 13.1 Å². The predicted octanol–water partition coefficient (Wildman–Crippen LogP) is 0.179. The zero-order valence-corrected chi connectivity index (χ0v) is 10.2. The molecule has 1 aliphatic heterocycles. The number of nitrogens with two attached hydrogens (primary N) is 1. The molecular weight excluding hydrogens is 190 g/mol. The lowest BCUT2D eigenvalue weighted by Crippen LogP contribution is -2.57. The number of rotatable bonds is 2. The van der Waals surface area contributed by atoms with Crippen molar-refractivity contribution >= 4 is 5.91 Å². The summed E-state index contributed by atoms with van der Waals surface area (Å²) in [7, 11) is 0. The molecule has 3 N–H and O–H groups in total. The lowest BCUT2D eigenvalue weighted by atomic mass is 10.0. The third-order valence-electron chi connectivity index (χ3n) is 3.05. The first-order valence-electron chi connectivity index (χ1n) is 5.72. The van der Waals surface area contributed by atoms with Gasteiger partial charge in [-0.15, -0.1) is 0 Å². The second-order valence-electron chi connectivity index (χ2n) is 4.86. The van der Waals surface area contributed by atoms with Gasteiger partial charge in [-0.3, -0.25) is 4.79 Å². The van der Waals surface area contributed by atoms with E-state index in [0.29, 0.717) is 12.1 Å². The maximum absolute atomic E-state index is 12.0. The van der Waals surface area contributed by atoms with E-state index in [4.69, 9.17) is 5.73 Å². The Labute approximate surface area is 92.2 Å². The molecule has 1 fully saturated rings. The molecule has 1 amide bonds. The highest BCUT2D eigenvalue weighted by molar-refractivity contribution is 5.79. The highest BCUT2D eigenvalue weighted by atomic mass is 16.2. The second-order valence-corrected chi connectivity index (χ2v) is 4.86. The molecule has 0 bridgehead atoms. The van der Waals surface area contributed by atoms with Crippen molar-refractivity contribution in [1.29, 1.82) is 0 Å². The molecular formula is C11H23N3O. The highest BCUT2D eigenvalue weighted by Crippen LogP contribution is 2.11. The van der Waals surface area contributed by atoms with Crippen molar-refractivity contribution in [1.82, 2.24) is 10.2 Å². The van der Waals surface area contributed by atoms with Crippen molar-refractivity contribution in [3.63, 3.8) is 0 Å². The molecule has 4 atom stereocenters. The molecule has 1 aliphatic rings. The first-order valence-corrected chi connectivity index (χ1v) is 5.72. The van der Waals surface area contributed by atoms with Gasteiger partial charge in [-0.05, 0) is 20.8 Å². The zero-order chi connectivity index (χ0) is 11.6. The van der Waals surface area contributed by atoms with Crippen LogP contribution < -0.4 is 11.1 Å². The Morgan fingerprint density at radius 2 is 1.80 bits per heavy atom. The number of amides is 1. The SMILES string of the molecule is CC1CN(C(=O)C(C)C(C)N)CC(C)N1. The molecule has 15 heavy (non-hydrogen) atoms. The van der Waals surface area contributed by atoms with Crippen LogP contribution in [-0.4, -0.2) is 42.0 Å². The number of piperazine rings is 1. The Morgan fingerprint density at radius 3 is 2.20 bits per heavy atom. The summed E-state index contributed by atoms with van der Waals surface area (Å²) in [6.07, 6.45) is 0. The van der Waals surface area contributed by atoms with Crippen LogP contribution in [0, 0.1) is 5.92 Å². The van der Waals surface area contributed by atoms with Crippen LogP contribution in [0.2, 0.25) is 0 Å². The second kappa shape index (κ2) is 4.94. The van der Waals surface area contributed by atoms with Gasteiger partial charge in [0.15, 0.2) is 0 Å². The van der Waals surface area contributed by atoms with Crippen molar-refractivity contribution in [3.05, 3.63) is 0 Å². The van der Waals surface area contributed by atoms with Crippen LogP contribution in [0.3, 0.4) is 0 Å². The lowest BCUT2D eigenvalue weighted by molar-refractivity contribution is -0.137. The maximum Gasteiger partial charge on any atom is 0.227 e. The van der Waals surface area contributed by atoms with Crippen LogP contribution in [-0.2, 0) is 4.79 Å². The average molecular weight is 213 g/mol. The van der Waals surface area contributed by atoms with Crippen LogP contribution in [0.15, 0.2) is 0 Å². The van der Waals surface area contributed by atoms with Gasteiger partial charge in [-0.1, -0.05) is 6.92 Å². The Hall–Kier alpha value is -0.610. The van der Waals surface area contributed by atoms with Crippen molar-refractivity contribution < 1.29 is 4.79 Å². The van der Waals surface area contributed by atoms with Gasteiger partial charge >= 0.3 is 0 Å². The number of hydrogen-bond acceptors (Lipinski definition) is 3. The Kier molecular flexibility index (Phi) is 4.11. The fourth-order valence-corrected chi connectivity index (χ4v) is 2.02. The van der Waals surface area contributed by atoms with Crippen LogP contribution in [0.25, 0.3) is 0 Å². The summed E-state index contributed by atoms with van der Waals surface area (Å²) in [6, 6.07) is 0.675. The molecule has 0 aromatic carbocycles. The molecule has 1 saturated heterocycles.